The SMILES string of the molecule is CC(C)[C@@H]1CCC[C@@H](C)[C@H]1OB(O[C@@H]1C[C@H](C)CC[C@H]1C(C)C)O[C@@H]1C[C@H](C)CC[C@H]1C(C)C. The standard InChI is InChI=1S/C30H57BO3/c1-19(2)25-15-13-22(7)17-28(25)32-31(33-29-18-23(8)14-16-26(29)20(3)4)34-30-24(9)11-10-12-27(30)21(5)6/h19-30H,10-18H2,1-9H3/t22-,23-,24-,25+,26+,27+,28-,29-,30-/m1/s1. The van der Waals surface area contributed by atoms with Gasteiger partial charge in [-0.25, -0.2) is 0 Å². The third-order valence-corrected chi connectivity index (χ3v) is 9.80. The molecule has 0 N–H and O–H groups in total. The van der Waals surface area contributed by atoms with Crippen molar-refractivity contribution in [2.45, 2.75) is 138 Å². The molecule has 3 rings (SSSR count). The van der Waals surface area contributed by atoms with Crippen LogP contribution >= 0.6 is 0 Å². The van der Waals surface area contributed by atoms with Crippen molar-refractivity contribution in [2.24, 2.45) is 53.3 Å². The zero-order chi connectivity index (χ0) is 25.0. The van der Waals surface area contributed by atoms with E-state index in [9.17, 15) is 0 Å². The molecule has 9 atom stereocenters. The molecule has 0 unspecified atom stereocenters. The van der Waals surface area contributed by atoms with E-state index in [1.165, 1.54) is 44.9 Å². The topological polar surface area (TPSA) is 27.7 Å². The van der Waals surface area contributed by atoms with E-state index < -0.39 is 7.32 Å². The van der Waals surface area contributed by atoms with Gasteiger partial charge in [0.1, 0.15) is 0 Å². The summed E-state index contributed by atoms with van der Waals surface area (Å²) < 4.78 is 20.8. The first kappa shape index (κ1) is 28.5. The second kappa shape index (κ2) is 13.0. The molecule has 0 spiro atoms. The Balaban J connectivity index is 1.82. The molecule has 3 aliphatic carbocycles. The molecule has 3 nitrogen and oxygen atoms in total. The third kappa shape index (κ3) is 7.48. The molecule has 0 aromatic carbocycles. The van der Waals surface area contributed by atoms with E-state index in [-0.39, 0.29) is 18.3 Å². The van der Waals surface area contributed by atoms with Gasteiger partial charge in [0.25, 0.3) is 0 Å². The van der Waals surface area contributed by atoms with Gasteiger partial charge in [0.05, 0.1) is 6.10 Å². The number of rotatable bonds is 9. The summed E-state index contributed by atoms with van der Waals surface area (Å²) in [5.41, 5.74) is 0. The highest BCUT2D eigenvalue weighted by molar-refractivity contribution is 6.36. The molecule has 0 aromatic rings. The molecule has 34 heavy (non-hydrogen) atoms. The Hall–Kier alpha value is -0.0551. The molecule has 0 saturated heterocycles. The Morgan fingerprint density at radius 2 is 1.03 bits per heavy atom. The minimum atomic E-state index is -0.528. The highest BCUT2D eigenvalue weighted by atomic mass is 16.7. The molecule has 4 heteroatoms. The van der Waals surface area contributed by atoms with Crippen LogP contribution in [0, 0.1) is 53.3 Å². The second-order valence-electron chi connectivity index (χ2n) is 13.7. The van der Waals surface area contributed by atoms with E-state index in [4.69, 9.17) is 14.0 Å². The molecular formula is C30H57BO3. The van der Waals surface area contributed by atoms with Crippen molar-refractivity contribution in [2.75, 3.05) is 0 Å². The molecule has 0 aliphatic heterocycles. The van der Waals surface area contributed by atoms with Crippen LogP contribution in [0.5, 0.6) is 0 Å². The largest absolute Gasteiger partial charge is 0.640 e. The predicted octanol–water partition coefficient (Wildman–Crippen LogP) is 8.40. The van der Waals surface area contributed by atoms with Crippen LogP contribution in [0.4, 0.5) is 0 Å². The van der Waals surface area contributed by atoms with Crippen LogP contribution in [-0.2, 0) is 14.0 Å². The van der Waals surface area contributed by atoms with Gasteiger partial charge in [0.2, 0.25) is 0 Å². The highest BCUT2D eigenvalue weighted by Crippen LogP contribution is 2.41. The quantitative estimate of drug-likeness (QED) is 0.313. The first-order chi connectivity index (χ1) is 16.1. The van der Waals surface area contributed by atoms with Crippen LogP contribution in [0.25, 0.3) is 0 Å². The van der Waals surface area contributed by atoms with Gasteiger partial charge < -0.3 is 14.0 Å². The summed E-state index contributed by atoms with van der Waals surface area (Å²) in [6.45, 7) is 21.4. The fraction of sp³-hybridized carbons (Fsp3) is 1.00. The molecule has 198 valence electrons. The Bertz CT molecular complexity index is 560. The summed E-state index contributed by atoms with van der Waals surface area (Å²) in [5, 5.41) is 0. The van der Waals surface area contributed by atoms with E-state index >= 15 is 0 Å². The monoisotopic (exact) mass is 476 g/mol. The highest BCUT2D eigenvalue weighted by Gasteiger charge is 2.44. The Labute approximate surface area is 213 Å². The minimum Gasteiger partial charge on any atom is -0.383 e. The first-order valence-electron chi connectivity index (χ1n) is 15.0. The van der Waals surface area contributed by atoms with Gasteiger partial charge in [-0.1, -0.05) is 81.6 Å². The molecule has 3 fully saturated rings. The average Bonchev–Trinajstić information content (AvgIpc) is 2.74. The van der Waals surface area contributed by atoms with Crippen LogP contribution in [-0.4, -0.2) is 25.6 Å². The second-order valence-corrected chi connectivity index (χ2v) is 13.7. The molecule has 0 radical (unpaired) electrons. The van der Waals surface area contributed by atoms with Gasteiger partial charge >= 0.3 is 7.32 Å². The maximum Gasteiger partial charge on any atom is 0.640 e. The maximum absolute atomic E-state index is 6.97. The van der Waals surface area contributed by atoms with Gasteiger partial charge in [-0.3, -0.25) is 0 Å². The first-order valence-corrected chi connectivity index (χ1v) is 15.0. The summed E-state index contributed by atoms with van der Waals surface area (Å²) in [6, 6.07) is 0. The van der Waals surface area contributed by atoms with Crippen molar-refractivity contribution in [3.05, 3.63) is 0 Å². The molecule has 3 aliphatic rings. The van der Waals surface area contributed by atoms with Gasteiger partial charge in [-0.05, 0) is 91.8 Å². The van der Waals surface area contributed by atoms with Gasteiger partial charge in [-0.15, -0.1) is 0 Å². The predicted molar refractivity (Wildman–Crippen MR) is 144 cm³/mol. The number of hydrogen-bond acceptors (Lipinski definition) is 3. The van der Waals surface area contributed by atoms with Crippen LogP contribution in [0.3, 0.4) is 0 Å². The van der Waals surface area contributed by atoms with E-state index in [2.05, 4.69) is 62.3 Å². The summed E-state index contributed by atoms with van der Waals surface area (Å²) >= 11 is 0. The average molecular weight is 477 g/mol. The number of hydrogen-bond donors (Lipinski definition) is 0. The van der Waals surface area contributed by atoms with Crippen LogP contribution in [0.15, 0.2) is 0 Å². The van der Waals surface area contributed by atoms with Gasteiger partial charge in [0.15, 0.2) is 0 Å². The lowest BCUT2D eigenvalue weighted by molar-refractivity contribution is -0.0831. The lowest BCUT2D eigenvalue weighted by Crippen LogP contribution is -2.49. The lowest BCUT2D eigenvalue weighted by atomic mass is 9.73. The van der Waals surface area contributed by atoms with Gasteiger partial charge in [0, 0.05) is 12.2 Å². The molecular weight excluding hydrogens is 419 g/mol. The van der Waals surface area contributed by atoms with Crippen LogP contribution in [0.1, 0.15) is 120 Å². The smallest absolute Gasteiger partial charge is 0.383 e. The molecule has 0 bridgehead atoms. The minimum absolute atomic E-state index is 0.232. The zero-order valence-corrected chi connectivity index (χ0v) is 24.1. The van der Waals surface area contributed by atoms with E-state index in [1.807, 2.05) is 0 Å². The summed E-state index contributed by atoms with van der Waals surface area (Å²) in [4.78, 5) is 0. The molecule has 0 aromatic heterocycles. The zero-order valence-electron chi connectivity index (χ0n) is 24.1. The van der Waals surface area contributed by atoms with Crippen molar-refractivity contribution in [3.63, 3.8) is 0 Å². The Kier molecular flexibility index (Phi) is 10.9. The van der Waals surface area contributed by atoms with Crippen molar-refractivity contribution in [1.29, 1.82) is 0 Å². The Morgan fingerprint density at radius 1 is 0.559 bits per heavy atom. The maximum atomic E-state index is 6.97. The van der Waals surface area contributed by atoms with E-state index in [0.29, 0.717) is 41.4 Å². The van der Waals surface area contributed by atoms with Crippen molar-refractivity contribution >= 4 is 7.32 Å². The van der Waals surface area contributed by atoms with Crippen molar-refractivity contribution in [3.8, 4) is 0 Å². The summed E-state index contributed by atoms with van der Waals surface area (Å²) in [5.74, 6) is 5.69. The van der Waals surface area contributed by atoms with Gasteiger partial charge in [-0.2, -0.15) is 0 Å². The lowest BCUT2D eigenvalue weighted by Gasteiger charge is -2.44. The molecule has 0 amide bonds. The van der Waals surface area contributed by atoms with Crippen molar-refractivity contribution < 1.29 is 14.0 Å². The Morgan fingerprint density at radius 3 is 1.47 bits per heavy atom. The fourth-order valence-corrected chi connectivity index (χ4v) is 7.43. The fourth-order valence-electron chi connectivity index (χ4n) is 7.43. The summed E-state index contributed by atoms with van der Waals surface area (Å²) in [6.07, 6.45) is 12.0. The van der Waals surface area contributed by atoms with Crippen LogP contribution < -0.4 is 0 Å². The van der Waals surface area contributed by atoms with E-state index in [0.717, 1.165) is 24.7 Å². The summed E-state index contributed by atoms with van der Waals surface area (Å²) in [7, 11) is -0.528. The molecule has 3 saturated carbocycles. The molecule has 0 heterocycles. The van der Waals surface area contributed by atoms with Crippen LogP contribution in [0.2, 0.25) is 0 Å². The van der Waals surface area contributed by atoms with E-state index in [1.54, 1.807) is 0 Å². The third-order valence-electron chi connectivity index (χ3n) is 9.80. The van der Waals surface area contributed by atoms with Crippen molar-refractivity contribution in [1.82, 2.24) is 0 Å². The normalized spacial score (nSPS) is 39.7.